The number of nitrogens with one attached hydrogen (secondary N) is 1. The van der Waals surface area contributed by atoms with Crippen LogP contribution in [0, 0.1) is 0 Å². The van der Waals surface area contributed by atoms with E-state index in [-0.39, 0.29) is 5.54 Å². The Morgan fingerprint density at radius 2 is 2.21 bits per heavy atom. The molecule has 0 radical (unpaired) electrons. The molecule has 0 aromatic heterocycles. The summed E-state index contributed by atoms with van der Waals surface area (Å²) in [6.45, 7) is 9.61. The Morgan fingerprint density at radius 1 is 1.32 bits per heavy atom. The van der Waals surface area contributed by atoms with E-state index in [0.717, 1.165) is 50.9 Å². The van der Waals surface area contributed by atoms with E-state index in [1.165, 1.54) is 5.56 Å². The van der Waals surface area contributed by atoms with Gasteiger partial charge in [-0.25, -0.2) is 0 Å². The Bertz CT molecular complexity index is 459. The quantitative estimate of drug-likeness (QED) is 0.885. The molecule has 0 spiro atoms. The van der Waals surface area contributed by atoms with Crippen LogP contribution in [0.2, 0.25) is 0 Å². The van der Waals surface area contributed by atoms with E-state index in [1.807, 2.05) is 0 Å². The van der Waals surface area contributed by atoms with Gasteiger partial charge < -0.3 is 14.8 Å². The third-order valence-corrected chi connectivity index (χ3v) is 3.94. The normalized spacial score (nSPS) is 22.2. The first-order chi connectivity index (χ1) is 9.17. The molecule has 2 heterocycles. The number of fused-ring (bicyclic) bond motifs is 1. The van der Waals surface area contributed by atoms with Gasteiger partial charge in [0.2, 0.25) is 0 Å². The predicted molar refractivity (Wildman–Crippen MR) is 75.7 cm³/mol. The molecule has 4 heteroatoms. The lowest BCUT2D eigenvalue weighted by molar-refractivity contribution is -0.0555. The van der Waals surface area contributed by atoms with E-state index < -0.39 is 0 Å². The van der Waals surface area contributed by atoms with Crippen LogP contribution in [0.1, 0.15) is 19.4 Å². The van der Waals surface area contributed by atoms with E-state index >= 15 is 0 Å². The molecule has 3 rings (SSSR count). The number of para-hydroxylation sites is 1. The first-order valence-corrected chi connectivity index (χ1v) is 6.98. The topological polar surface area (TPSA) is 33.7 Å². The van der Waals surface area contributed by atoms with Gasteiger partial charge in [-0.15, -0.1) is 0 Å². The van der Waals surface area contributed by atoms with Crippen molar-refractivity contribution in [1.82, 2.24) is 4.90 Å². The smallest absolute Gasteiger partial charge is 0.146 e. The fourth-order valence-corrected chi connectivity index (χ4v) is 2.75. The van der Waals surface area contributed by atoms with Gasteiger partial charge in [0, 0.05) is 30.7 Å². The van der Waals surface area contributed by atoms with Gasteiger partial charge in [-0.2, -0.15) is 0 Å². The van der Waals surface area contributed by atoms with Crippen molar-refractivity contribution in [3.05, 3.63) is 23.8 Å². The van der Waals surface area contributed by atoms with E-state index in [0.29, 0.717) is 0 Å². The van der Waals surface area contributed by atoms with Gasteiger partial charge in [0.15, 0.2) is 0 Å². The Kier molecular flexibility index (Phi) is 3.37. The van der Waals surface area contributed by atoms with Gasteiger partial charge >= 0.3 is 0 Å². The summed E-state index contributed by atoms with van der Waals surface area (Å²) in [5.41, 5.74) is 2.47. The molecule has 0 bridgehead atoms. The Labute approximate surface area is 114 Å². The second-order valence-electron chi connectivity index (χ2n) is 5.86. The predicted octanol–water partition coefficient (Wildman–Crippen LogP) is 2.10. The second kappa shape index (κ2) is 5.02. The highest BCUT2D eigenvalue weighted by Gasteiger charge is 2.31. The zero-order chi connectivity index (χ0) is 13.3. The van der Waals surface area contributed by atoms with Crippen LogP contribution in [-0.4, -0.2) is 43.3 Å². The lowest BCUT2D eigenvalue weighted by Crippen LogP contribution is -2.52. The highest BCUT2D eigenvalue weighted by Crippen LogP contribution is 2.33. The summed E-state index contributed by atoms with van der Waals surface area (Å²) in [7, 11) is 0. The van der Waals surface area contributed by atoms with Crippen molar-refractivity contribution >= 4 is 5.69 Å². The van der Waals surface area contributed by atoms with Crippen molar-refractivity contribution in [3.8, 4) is 5.75 Å². The molecule has 2 aliphatic rings. The van der Waals surface area contributed by atoms with Crippen LogP contribution < -0.4 is 10.1 Å². The molecule has 4 nitrogen and oxygen atoms in total. The molecule has 1 N–H and O–H groups in total. The Balaban J connectivity index is 1.83. The van der Waals surface area contributed by atoms with Gasteiger partial charge in [-0.1, -0.05) is 12.1 Å². The zero-order valence-corrected chi connectivity index (χ0v) is 11.7. The maximum Gasteiger partial charge on any atom is 0.146 e. The van der Waals surface area contributed by atoms with Gasteiger partial charge in [0.1, 0.15) is 12.4 Å². The van der Waals surface area contributed by atoms with Crippen LogP contribution >= 0.6 is 0 Å². The summed E-state index contributed by atoms with van der Waals surface area (Å²) >= 11 is 0. The van der Waals surface area contributed by atoms with Crippen molar-refractivity contribution in [2.75, 3.05) is 38.2 Å². The molecule has 1 aromatic carbocycles. The number of benzene rings is 1. The minimum absolute atomic E-state index is 0.0864. The maximum atomic E-state index is 5.84. The molecule has 0 unspecified atom stereocenters. The average Bonchev–Trinajstić information content (AvgIpc) is 2.41. The van der Waals surface area contributed by atoms with E-state index in [9.17, 15) is 0 Å². The van der Waals surface area contributed by atoms with Crippen molar-refractivity contribution in [3.63, 3.8) is 0 Å². The maximum absolute atomic E-state index is 5.84. The average molecular weight is 262 g/mol. The molecule has 0 amide bonds. The number of anilines is 1. The van der Waals surface area contributed by atoms with Crippen LogP contribution in [0.3, 0.4) is 0 Å². The van der Waals surface area contributed by atoms with Crippen molar-refractivity contribution < 1.29 is 9.47 Å². The standard InChI is InChI=1S/C15H22N2O2/c1-15(2)11-18-9-7-17(15)10-12-4-3-5-13-14(12)19-8-6-16-13/h3-5,16H,6-11H2,1-2H3. The Hall–Kier alpha value is -1.26. The number of hydrogen-bond donors (Lipinski definition) is 1. The summed E-state index contributed by atoms with van der Waals surface area (Å²) < 4.78 is 11.4. The molecule has 1 saturated heterocycles. The molecule has 0 aliphatic carbocycles. The molecule has 0 atom stereocenters. The fourth-order valence-electron chi connectivity index (χ4n) is 2.75. The van der Waals surface area contributed by atoms with E-state index in [4.69, 9.17) is 9.47 Å². The van der Waals surface area contributed by atoms with Crippen LogP contribution in [0.25, 0.3) is 0 Å². The van der Waals surface area contributed by atoms with Crippen LogP contribution in [0.4, 0.5) is 5.69 Å². The van der Waals surface area contributed by atoms with Crippen molar-refractivity contribution in [2.45, 2.75) is 25.9 Å². The van der Waals surface area contributed by atoms with E-state index in [2.05, 4.69) is 42.3 Å². The molecule has 0 saturated carbocycles. The molecule has 2 aliphatic heterocycles. The SMILES string of the molecule is CC1(C)COCCN1Cc1cccc2c1OCCN2. The summed E-state index contributed by atoms with van der Waals surface area (Å²) in [6.07, 6.45) is 0. The molecule has 104 valence electrons. The molecular weight excluding hydrogens is 240 g/mol. The number of morpholine rings is 1. The lowest BCUT2D eigenvalue weighted by atomic mass is 10.0. The van der Waals surface area contributed by atoms with E-state index in [1.54, 1.807) is 0 Å². The molecule has 19 heavy (non-hydrogen) atoms. The minimum Gasteiger partial charge on any atom is -0.489 e. The first kappa shape index (κ1) is 12.8. The highest BCUT2D eigenvalue weighted by atomic mass is 16.5. The largest absolute Gasteiger partial charge is 0.489 e. The fraction of sp³-hybridized carbons (Fsp3) is 0.600. The first-order valence-electron chi connectivity index (χ1n) is 6.98. The van der Waals surface area contributed by atoms with Crippen LogP contribution in [0.5, 0.6) is 5.75 Å². The van der Waals surface area contributed by atoms with Gasteiger partial charge in [-0.3, -0.25) is 4.90 Å². The third kappa shape index (κ3) is 2.55. The number of ether oxygens (including phenoxy) is 2. The van der Waals surface area contributed by atoms with Gasteiger partial charge in [0.05, 0.1) is 18.9 Å². The van der Waals surface area contributed by atoms with Crippen LogP contribution in [0.15, 0.2) is 18.2 Å². The monoisotopic (exact) mass is 262 g/mol. The van der Waals surface area contributed by atoms with Gasteiger partial charge in [0.25, 0.3) is 0 Å². The molecular formula is C15H22N2O2. The number of hydrogen-bond acceptors (Lipinski definition) is 4. The molecule has 1 aromatic rings. The summed E-state index contributed by atoms with van der Waals surface area (Å²) in [6, 6.07) is 6.35. The molecule has 1 fully saturated rings. The second-order valence-corrected chi connectivity index (χ2v) is 5.86. The lowest BCUT2D eigenvalue weighted by Gasteiger charge is -2.42. The van der Waals surface area contributed by atoms with Crippen molar-refractivity contribution in [2.24, 2.45) is 0 Å². The number of rotatable bonds is 2. The minimum atomic E-state index is 0.0864. The summed E-state index contributed by atoms with van der Waals surface area (Å²) in [5, 5.41) is 3.39. The van der Waals surface area contributed by atoms with Crippen LogP contribution in [-0.2, 0) is 11.3 Å². The Morgan fingerprint density at radius 3 is 3.05 bits per heavy atom. The third-order valence-electron chi connectivity index (χ3n) is 3.94. The van der Waals surface area contributed by atoms with Gasteiger partial charge in [-0.05, 0) is 19.9 Å². The summed E-state index contributed by atoms with van der Waals surface area (Å²) in [4.78, 5) is 2.48. The summed E-state index contributed by atoms with van der Waals surface area (Å²) in [5.74, 6) is 1.02. The van der Waals surface area contributed by atoms with Crippen molar-refractivity contribution in [1.29, 1.82) is 0 Å². The zero-order valence-electron chi connectivity index (χ0n) is 11.7. The highest BCUT2D eigenvalue weighted by molar-refractivity contribution is 5.61. The number of nitrogens with zero attached hydrogens (tertiary/aromatic N) is 1.